The van der Waals surface area contributed by atoms with E-state index in [2.05, 4.69) is 9.88 Å². The van der Waals surface area contributed by atoms with E-state index in [1.165, 1.54) is 6.92 Å². The van der Waals surface area contributed by atoms with Crippen molar-refractivity contribution in [1.29, 1.82) is 0 Å². The molecule has 0 radical (unpaired) electrons. The summed E-state index contributed by atoms with van der Waals surface area (Å²) in [5.41, 5.74) is 2.25. The fraction of sp³-hybridized carbons (Fsp3) is 0.444. The Kier molecular flexibility index (Phi) is 6.61. The van der Waals surface area contributed by atoms with Gasteiger partial charge >= 0.3 is 0 Å². The normalized spacial score (nSPS) is 11.4. The number of nitrogens with zero attached hydrogens (tertiary/aromatic N) is 2. The van der Waals surface area contributed by atoms with Gasteiger partial charge in [0.1, 0.15) is 16.3 Å². The van der Waals surface area contributed by atoms with Gasteiger partial charge in [-0.25, -0.2) is 13.1 Å². The Labute approximate surface area is 159 Å². The van der Waals surface area contributed by atoms with Crippen molar-refractivity contribution in [3.05, 3.63) is 40.8 Å². The molecule has 1 aromatic carbocycles. The molecule has 0 aliphatic rings. The monoisotopic (exact) mass is 395 g/mol. The summed E-state index contributed by atoms with van der Waals surface area (Å²) in [6, 6.07) is 5.76. The van der Waals surface area contributed by atoms with Crippen LogP contribution in [0.4, 0.5) is 0 Å². The fourth-order valence-corrected chi connectivity index (χ4v) is 4.15. The first-order valence-electron chi connectivity index (χ1n) is 8.45. The van der Waals surface area contributed by atoms with E-state index in [4.69, 9.17) is 9.26 Å². The number of rotatable bonds is 8. The quantitative estimate of drug-likeness (QED) is 0.733. The van der Waals surface area contributed by atoms with E-state index in [0.29, 0.717) is 12.3 Å². The molecule has 2 aromatic rings. The number of nitrogens with one attached hydrogen (secondary N) is 1. The number of hydrogen-bond donors (Lipinski definition) is 1. The lowest BCUT2D eigenvalue weighted by atomic mass is 10.1. The van der Waals surface area contributed by atoms with Gasteiger partial charge in [-0.2, -0.15) is 0 Å². The molecule has 0 aliphatic heterocycles. The maximum atomic E-state index is 12.4. The zero-order chi connectivity index (χ0) is 20.2. The molecule has 1 amide bonds. The second-order valence-electron chi connectivity index (χ2n) is 6.37. The lowest BCUT2D eigenvalue weighted by molar-refractivity contribution is -0.130. The summed E-state index contributed by atoms with van der Waals surface area (Å²) in [6.45, 7) is 5.41. The van der Waals surface area contributed by atoms with Gasteiger partial charge in [0.25, 0.3) is 0 Å². The van der Waals surface area contributed by atoms with Crippen LogP contribution in [0.1, 0.15) is 29.0 Å². The largest absolute Gasteiger partial charge is 0.496 e. The van der Waals surface area contributed by atoms with Gasteiger partial charge in [-0.1, -0.05) is 22.9 Å². The molecule has 0 saturated carbocycles. The summed E-state index contributed by atoms with van der Waals surface area (Å²) in [4.78, 5) is 13.9. The Morgan fingerprint density at radius 2 is 2.00 bits per heavy atom. The van der Waals surface area contributed by atoms with Gasteiger partial charge in [0.2, 0.25) is 15.9 Å². The highest BCUT2D eigenvalue weighted by Crippen LogP contribution is 2.21. The topological polar surface area (TPSA) is 102 Å². The molecule has 2 rings (SSSR count). The van der Waals surface area contributed by atoms with Crippen molar-refractivity contribution >= 4 is 15.9 Å². The number of amides is 1. The number of hydrogen-bond acceptors (Lipinski definition) is 6. The molecular formula is C18H25N3O5S. The first kappa shape index (κ1) is 20.9. The Balaban J connectivity index is 1.95. The average Bonchev–Trinajstić information content (AvgIpc) is 2.94. The van der Waals surface area contributed by atoms with Crippen molar-refractivity contribution in [3.63, 3.8) is 0 Å². The second kappa shape index (κ2) is 8.53. The molecule has 0 fully saturated rings. The molecule has 8 nitrogen and oxygen atoms in total. The maximum Gasteiger partial charge on any atom is 0.245 e. The van der Waals surface area contributed by atoms with E-state index in [0.717, 1.165) is 11.1 Å². The van der Waals surface area contributed by atoms with Crippen LogP contribution in [0.5, 0.6) is 5.75 Å². The Hall–Kier alpha value is -2.39. The number of aryl methyl sites for hydroxylation is 3. The molecule has 148 valence electrons. The number of methoxy groups -OCH3 is 1. The van der Waals surface area contributed by atoms with Crippen LogP contribution in [0.25, 0.3) is 0 Å². The summed E-state index contributed by atoms with van der Waals surface area (Å²) < 4.78 is 37.3. The van der Waals surface area contributed by atoms with Gasteiger partial charge in [-0.15, -0.1) is 0 Å². The third-order valence-electron chi connectivity index (χ3n) is 4.14. The van der Waals surface area contributed by atoms with Crippen LogP contribution >= 0.6 is 0 Å². The van der Waals surface area contributed by atoms with Crippen LogP contribution in [-0.2, 0) is 21.4 Å². The van der Waals surface area contributed by atoms with Crippen LogP contribution in [0.3, 0.4) is 0 Å². The molecule has 27 heavy (non-hydrogen) atoms. The van der Waals surface area contributed by atoms with E-state index < -0.39 is 10.0 Å². The third kappa shape index (κ3) is 5.08. The van der Waals surface area contributed by atoms with Gasteiger partial charge in [0.15, 0.2) is 5.76 Å². The molecule has 1 heterocycles. The molecule has 9 heteroatoms. The predicted molar refractivity (Wildman–Crippen MR) is 100.0 cm³/mol. The lowest BCUT2D eigenvalue weighted by Gasteiger charge is -2.19. The van der Waals surface area contributed by atoms with Crippen LogP contribution in [-0.4, -0.2) is 45.1 Å². The summed E-state index contributed by atoms with van der Waals surface area (Å²) in [5, 5.41) is 3.64. The summed E-state index contributed by atoms with van der Waals surface area (Å²) in [5.74, 6) is 0.745. The average molecular weight is 395 g/mol. The molecule has 1 aromatic heterocycles. The Morgan fingerprint density at radius 1 is 1.30 bits per heavy atom. The highest BCUT2D eigenvalue weighted by Gasteiger charge is 2.24. The van der Waals surface area contributed by atoms with Gasteiger partial charge in [-0.3, -0.25) is 4.79 Å². The smallest absolute Gasteiger partial charge is 0.245 e. The first-order chi connectivity index (χ1) is 12.7. The first-order valence-corrected chi connectivity index (χ1v) is 9.94. The molecule has 1 N–H and O–H groups in total. The number of ether oxygens (including phenoxy) is 1. The predicted octanol–water partition coefficient (Wildman–Crippen LogP) is 1.94. The molecular weight excluding hydrogens is 370 g/mol. The molecule has 0 bridgehead atoms. The summed E-state index contributed by atoms with van der Waals surface area (Å²) in [6.07, 6.45) is 0.0350. The van der Waals surface area contributed by atoms with Gasteiger partial charge < -0.3 is 14.2 Å². The molecule has 0 saturated heterocycles. The van der Waals surface area contributed by atoms with E-state index in [9.17, 15) is 13.2 Å². The van der Waals surface area contributed by atoms with Crippen LogP contribution in [0.2, 0.25) is 0 Å². The van der Waals surface area contributed by atoms with Crippen molar-refractivity contribution in [2.45, 2.75) is 38.6 Å². The number of carbonyl (C=O) groups excluding carboxylic acids is 1. The van der Waals surface area contributed by atoms with Crippen molar-refractivity contribution in [3.8, 4) is 5.75 Å². The van der Waals surface area contributed by atoms with Gasteiger partial charge in [-0.05, 0) is 26.8 Å². The number of carbonyl (C=O) groups is 1. The maximum absolute atomic E-state index is 12.4. The van der Waals surface area contributed by atoms with E-state index in [-0.39, 0.29) is 35.2 Å². The van der Waals surface area contributed by atoms with Crippen LogP contribution in [0, 0.1) is 20.8 Å². The SMILES string of the molecule is COc1ccc(C)cc1CN(C)C(=O)CCNS(=O)(=O)c1c(C)noc1C. The minimum absolute atomic E-state index is 0.0134. The van der Waals surface area contributed by atoms with E-state index in [1.807, 2.05) is 25.1 Å². The molecule has 0 atom stereocenters. The highest BCUT2D eigenvalue weighted by atomic mass is 32.2. The fourth-order valence-electron chi connectivity index (χ4n) is 2.79. The lowest BCUT2D eigenvalue weighted by Crippen LogP contribution is -2.32. The van der Waals surface area contributed by atoms with Crippen molar-refractivity contribution < 1.29 is 22.5 Å². The zero-order valence-corrected chi connectivity index (χ0v) is 17.0. The van der Waals surface area contributed by atoms with E-state index >= 15 is 0 Å². The number of benzene rings is 1. The molecule has 0 spiro atoms. The van der Waals surface area contributed by atoms with Crippen molar-refractivity contribution in [2.75, 3.05) is 20.7 Å². The van der Waals surface area contributed by atoms with Gasteiger partial charge in [0, 0.05) is 32.1 Å². The van der Waals surface area contributed by atoms with Gasteiger partial charge in [0.05, 0.1) is 7.11 Å². The Bertz CT molecular complexity index is 902. The Morgan fingerprint density at radius 3 is 2.59 bits per heavy atom. The standard InChI is InChI=1S/C18H25N3O5S/c1-12-6-7-16(25-5)15(10-12)11-21(4)17(22)8-9-19-27(23,24)18-13(2)20-26-14(18)3/h6-7,10,19H,8-9,11H2,1-5H3. The molecule has 0 aliphatic carbocycles. The van der Waals surface area contributed by atoms with E-state index in [1.54, 1.807) is 26.0 Å². The number of aromatic nitrogens is 1. The third-order valence-corrected chi connectivity index (χ3v) is 5.84. The summed E-state index contributed by atoms with van der Waals surface area (Å²) in [7, 11) is -0.516. The number of sulfonamides is 1. The minimum Gasteiger partial charge on any atom is -0.496 e. The minimum atomic E-state index is -3.77. The zero-order valence-electron chi connectivity index (χ0n) is 16.2. The summed E-state index contributed by atoms with van der Waals surface area (Å²) >= 11 is 0. The van der Waals surface area contributed by atoms with Crippen molar-refractivity contribution in [2.24, 2.45) is 0 Å². The highest BCUT2D eigenvalue weighted by molar-refractivity contribution is 7.89. The van der Waals surface area contributed by atoms with Crippen molar-refractivity contribution in [1.82, 2.24) is 14.8 Å². The molecule has 0 unspecified atom stereocenters. The van der Waals surface area contributed by atoms with Crippen LogP contribution in [0.15, 0.2) is 27.6 Å². The van der Waals surface area contributed by atoms with Crippen LogP contribution < -0.4 is 9.46 Å². The second-order valence-corrected chi connectivity index (χ2v) is 8.07.